The molecule has 0 aliphatic carbocycles. The molecule has 2 heterocycles. The fourth-order valence-corrected chi connectivity index (χ4v) is 2.69. The lowest BCUT2D eigenvalue weighted by atomic mass is 9.97. The van der Waals surface area contributed by atoms with Gasteiger partial charge in [0.1, 0.15) is 5.56 Å². The Morgan fingerprint density at radius 3 is 2.61 bits per heavy atom. The number of carbonyl (C=O) groups is 1. The van der Waals surface area contributed by atoms with Crippen LogP contribution >= 0.6 is 0 Å². The smallest absolute Gasteiger partial charge is 0.265 e. The van der Waals surface area contributed by atoms with Gasteiger partial charge in [0.25, 0.3) is 11.5 Å². The molecule has 3 aromatic rings. The first-order valence-electron chi connectivity index (χ1n) is 8.54. The zero-order valence-corrected chi connectivity index (χ0v) is 15.1. The molecule has 1 unspecified atom stereocenters. The topological polar surface area (TPSA) is 92.7 Å². The van der Waals surface area contributed by atoms with Crippen LogP contribution in [0.15, 0.2) is 96.7 Å². The maximum absolute atomic E-state index is 12.8. The molecule has 2 aromatic heterocycles. The van der Waals surface area contributed by atoms with Crippen molar-refractivity contribution in [3.63, 3.8) is 0 Å². The molecule has 0 radical (unpaired) electrons. The Morgan fingerprint density at radius 2 is 2.00 bits per heavy atom. The lowest BCUT2D eigenvalue weighted by molar-refractivity contribution is 0.0941. The summed E-state index contributed by atoms with van der Waals surface area (Å²) in [6.07, 6.45) is 9.45. The first-order valence-corrected chi connectivity index (χ1v) is 8.54. The minimum absolute atomic E-state index is 0.0983. The van der Waals surface area contributed by atoms with E-state index >= 15 is 0 Å². The monoisotopic (exact) mass is 373 g/mol. The average molecular weight is 373 g/mol. The van der Waals surface area contributed by atoms with E-state index in [0.29, 0.717) is 0 Å². The summed E-state index contributed by atoms with van der Waals surface area (Å²) in [5, 5.41) is 6.87. The summed E-state index contributed by atoms with van der Waals surface area (Å²) >= 11 is 0. The minimum Gasteiger partial charge on any atom is -0.341 e. The molecular weight excluding hydrogens is 354 g/mol. The van der Waals surface area contributed by atoms with Crippen LogP contribution in [0.3, 0.4) is 0 Å². The second kappa shape index (κ2) is 8.59. The summed E-state index contributed by atoms with van der Waals surface area (Å²) in [5.74, 6) is -0.323. The molecule has 1 aromatic carbocycles. The normalized spacial score (nSPS) is 12.2. The Bertz CT molecular complexity index is 1070. The van der Waals surface area contributed by atoms with Gasteiger partial charge in [-0.1, -0.05) is 61.7 Å². The summed E-state index contributed by atoms with van der Waals surface area (Å²) in [6.45, 7) is 7.51. The van der Waals surface area contributed by atoms with Gasteiger partial charge in [-0.2, -0.15) is 5.10 Å². The molecule has 2 N–H and O–H groups in total. The summed E-state index contributed by atoms with van der Waals surface area (Å²) in [6, 6.07) is 10.6. The number of nitrogens with zero attached hydrogens (tertiary/aromatic N) is 3. The number of hydrogen-bond acceptors (Lipinski definition) is 4. The van der Waals surface area contributed by atoms with E-state index in [1.165, 1.54) is 10.9 Å². The van der Waals surface area contributed by atoms with Crippen LogP contribution in [0.4, 0.5) is 0 Å². The highest BCUT2D eigenvalue weighted by Gasteiger charge is 2.20. The highest BCUT2D eigenvalue weighted by molar-refractivity contribution is 5.94. The van der Waals surface area contributed by atoms with Crippen molar-refractivity contribution in [1.82, 2.24) is 25.1 Å². The largest absolute Gasteiger partial charge is 0.341 e. The lowest BCUT2D eigenvalue weighted by Gasteiger charge is -2.20. The van der Waals surface area contributed by atoms with Crippen LogP contribution < -0.4 is 10.9 Å². The Morgan fingerprint density at radius 1 is 1.21 bits per heavy atom. The van der Waals surface area contributed by atoms with Crippen molar-refractivity contribution < 1.29 is 4.79 Å². The number of allylic oxidation sites excluding steroid dienone is 2. The molecule has 1 atom stereocenters. The number of rotatable bonds is 7. The Balaban J connectivity index is 1.92. The molecule has 3 rings (SSSR count). The number of aromatic amines is 1. The second-order valence-corrected chi connectivity index (χ2v) is 5.82. The molecule has 1 amide bonds. The molecule has 0 aliphatic rings. The molecule has 0 fully saturated rings. The van der Waals surface area contributed by atoms with Gasteiger partial charge in [0.15, 0.2) is 0 Å². The van der Waals surface area contributed by atoms with Crippen molar-refractivity contribution in [1.29, 1.82) is 0 Å². The highest BCUT2D eigenvalue weighted by atomic mass is 16.2. The standard InChI is InChI=1S/C21H19N5O2/c1-3-9-15(4-2)18(16-10-6-5-7-11-16)24-19(27)17-14-22-21(25-20(17)28)26-13-8-12-23-26/h3-14,18H,1-2H2,(H,24,27)(H,22,25,28)/b15-9+. The number of nitrogens with one attached hydrogen (secondary N) is 2. The van der Waals surface area contributed by atoms with Gasteiger partial charge >= 0.3 is 0 Å². The molecule has 7 nitrogen and oxygen atoms in total. The third-order valence-corrected chi connectivity index (χ3v) is 4.04. The summed E-state index contributed by atoms with van der Waals surface area (Å²) in [5.41, 5.74) is 0.935. The fraction of sp³-hybridized carbons (Fsp3) is 0.0476. The van der Waals surface area contributed by atoms with E-state index in [1.54, 1.807) is 36.7 Å². The molecule has 0 saturated heterocycles. The second-order valence-electron chi connectivity index (χ2n) is 5.82. The number of aromatic nitrogens is 4. The maximum Gasteiger partial charge on any atom is 0.265 e. The van der Waals surface area contributed by atoms with Crippen LogP contribution in [0, 0.1) is 0 Å². The lowest BCUT2D eigenvalue weighted by Crippen LogP contribution is -2.34. The Labute approximate surface area is 161 Å². The summed E-state index contributed by atoms with van der Waals surface area (Å²) in [7, 11) is 0. The number of benzene rings is 1. The zero-order valence-electron chi connectivity index (χ0n) is 15.1. The molecule has 140 valence electrons. The van der Waals surface area contributed by atoms with Crippen LogP contribution in [-0.4, -0.2) is 25.7 Å². The molecule has 7 heteroatoms. The summed E-state index contributed by atoms with van der Waals surface area (Å²) < 4.78 is 1.40. The predicted molar refractivity (Wildman–Crippen MR) is 107 cm³/mol. The van der Waals surface area contributed by atoms with Crippen molar-refractivity contribution in [2.45, 2.75) is 6.04 Å². The number of amides is 1. The van der Waals surface area contributed by atoms with Crippen LogP contribution in [0.25, 0.3) is 5.95 Å². The van der Waals surface area contributed by atoms with Crippen molar-refractivity contribution in [2.24, 2.45) is 0 Å². The van der Waals surface area contributed by atoms with E-state index in [1.807, 2.05) is 30.3 Å². The third kappa shape index (κ3) is 4.04. The molecular formula is C21H19N5O2. The van der Waals surface area contributed by atoms with Gasteiger partial charge < -0.3 is 5.32 Å². The SMILES string of the molecule is C=C/C=C(\C=C)C(NC(=O)c1cnc(-n2cccn2)[nH]c1=O)c1ccccc1. The first-order chi connectivity index (χ1) is 13.6. The zero-order chi connectivity index (χ0) is 19.9. The number of carbonyl (C=O) groups excluding carboxylic acids is 1. The van der Waals surface area contributed by atoms with Gasteiger partial charge in [-0.3, -0.25) is 14.6 Å². The van der Waals surface area contributed by atoms with E-state index < -0.39 is 17.5 Å². The summed E-state index contributed by atoms with van der Waals surface area (Å²) in [4.78, 5) is 31.9. The van der Waals surface area contributed by atoms with Gasteiger partial charge in [-0.05, 0) is 17.2 Å². The van der Waals surface area contributed by atoms with Gasteiger partial charge in [0.2, 0.25) is 5.95 Å². The van der Waals surface area contributed by atoms with E-state index in [9.17, 15) is 9.59 Å². The minimum atomic E-state index is -0.558. The first kappa shape index (κ1) is 18.8. The van der Waals surface area contributed by atoms with E-state index in [4.69, 9.17) is 0 Å². The van der Waals surface area contributed by atoms with Crippen molar-refractivity contribution in [2.75, 3.05) is 0 Å². The quantitative estimate of drug-likeness (QED) is 0.623. The van der Waals surface area contributed by atoms with Gasteiger partial charge in [0, 0.05) is 18.6 Å². The van der Waals surface area contributed by atoms with Gasteiger partial charge in [-0.25, -0.2) is 9.67 Å². The van der Waals surface area contributed by atoms with Crippen LogP contribution in [0.5, 0.6) is 0 Å². The number of H-pyrrole nitrogens is 1. The van der Waals surface area contributed by atoms with E-state index in [-0.39, 0.29) is 11.5 Å². The maximum atomic E-state index is 12.8. The van der Waals surface area contributed by atoms with Crippen molar-refractivity contribution in [3.8, 4) is 5.95 Å². The molecule has 0 aliphatic heterocycles. The molecule has 0 spiro atoms. The van der Waals surface area contributed by atoms with Crippen LogP contribution in [0.2, 0.25) is 0 Å². The van der Waals surface area contributed by atoms with Crippen molar-refractivity contribution >= 4 is 5.91 Å². The fourth-order valence-electron chi connectivity index (χ4n) is 2.69. The Hall–Kier alpha value is -4.00. The Kier molecular flexibility index (Phi) is 5.76. The van der Waals surface area contributed by atoms with Crippen LogP contribution in [-0.2, 0) is 0 Å². The van der Waals surface area contributed by atoms with Crippen LogP contribution in [0.1, 0.15) is 22.0 Å². The third-order valence-electron chi connectivity index (χ3n) is 4.04. The molecule has 0 saturated carbocycles. The predicted octanol–water partition coefficient (Wildman–Crippen LogP) is 2.73. The van der Waals surface area contributed by atoms with E-state index in [2.05, 4.69) is 33.5 Å². The molecule has 0 bridgehead atoms. The molecule has 28 heavy (non-hydrogen) atoms. The number of hydrogen-bond donors (Lipinski definition) is 2. The average Bonchev–Trinajstić information content (AvgIpc) is 3.26. The van der Waals surface area contributed by atoms with Gasteiger partial charge in [-0.15, -0.1) is 0 Å². The van der Waals surface area contributed by atoms with E-state index in [0.717, 1.165) is 11.1 Å². The van der Waals surface area contributed by atoms with Gasteiger partial charge in [0.05, 0.1) is 6.04 Å². The van der Waals surface area contributed by atoms with Crippen molar-refractivity contribution in [3.05, 3.63) is 113 Å². The highest BCUT2D eigenvalue weighted by Crippen LogP contribution is 2.23.